The molecule has 0 aliphatic carbocycles. The summed E-state index contributed by atoms with van der Waals surface area (Å²) in [7, 11) is 0. The molecule has 144 valence electrons. The molecule has 1 amide bonds. The average molecular weight is 388 g/mol. The van der Waals surface area contributed by atoms with Gasteiger partial charge in [-0.15, -0.1) is 10.2 Å². The number of aromatic nitrogens is 3. The number of nitrogens with zero attached hydrogens (tertiary/aromatic N) is 4. The van der Waals surface area contributed by atoms with Gasteiger partial charge in [0.25, 0.3) is 0 Å². The maximum atomic E-state index is 12.6. The van der Waals surface area contributed by atoms with Crippen molar-refractivity contribution in [3.8, 4) is 5.69 Å². The van der Waals surface area contributed by atoms with E-state index in [0.29, 0.717) is 18.1 Å². The van der Waals surface area contributed by atoms with Crippen LogP contribution in [0.1, 0.15) is 25.8 Å². The molecule has 1 fully saturated rings. The van der Waals surface area contributed by atoms with E-state index >= 15 is 0 Å². The van der Waals surface area contributed by atoms with E-state index in [9.17, 15) is 14.7 Å². The van der Waals surface area contributed by atoms with Crippen molar-refractivity contribution in [1.29, 1.82) is 0 Å². The van der Waals surface area contributed by atoms with Gasteiger partial charge in [0.15, 0.2) is 5.16 Å². The van der Waals surface area contributed by atoms with Gasteiger partial charge in [-0.1, -0.05) is 43.3 Å². The topological polar surface area (TPSA) is 88.3 Å². The third-order valence-corrected chi connectivity index (χ3v) is 6.27. The molecule has 1 saturated heterocycles. The van der Waals surface area contributed by atoms with Crippen LogP contribution in [0.5, 0.6) is 0 Å². The molecule has 0 bridgehead atoms. The summed E-state index contributed by atoms with van der Waals surface area (Å²) in [5, 5.41) is 18.3. The Kier molecular flexibility index (Phi) is 5.55. The van der Waals surface area contributed by atoms with Gasteiger partial charge in [-0.3, -0.25) is 14.2 Å². The molecule has 2 heterocycles. The fourth-order valence-electron chi connectivity index (χ4n) is 3.36. The number of carboxylic acid groups (broad SMARTS) is 1. The van der Waals surface area contributed by atoms with Crippen LogP contribution in [0.4, 0.5) is 0 Å². The minimum Gasteiger partial charge on any atom is -0.481 e. The van der Waals surface area contributed by atoms with E-state index < -0.39 is 11.4 Å². The zero-order chi connectivity index (χ0) is 19.6. The minimum atomic E-state index is -0.845. The number of hydrogen-bond donors (Lipinski definition) is 1. The van der Waals surface area contributed by atoms with Crippen LogP contribution in [0, 0.1) is 18.3 Å². The number of carboxylic acids is 1. The minimum absolute atomic E-state index is 0.0231. The molecule has 0 saturated carbocycles. The van der Waals surface area contributed by atoms with Crippen LogP contribution in [-0.2, 0) is 9.59 Å². The average Bonchev–Trinajstić information content (AvgIpc) is 3.28. The molecule has 3 rings (SSSR count). The standard InChI is InChI=1S/C19H24N4O3S/c1-13(2)19(17(25)26)8-9-22(11-19)16(24)10-27-18-21-20-12-23(18)15-6-4-14(3)5-7-15/h4-7,12-13H,8-11H2,1-3H3,(H,25,26). The number of likely N-dealkylation sites (tertiary alicyclic amines) is 1. The van der Waals surface area contributed by atoms with Gasteiger partial charge >= 0.3 is 5.97 Å². The first-order chi connectivity index (χ1) is 12.8. The lowest BCUT2D eigenvalue weighted by Gasteiger charge is -2.28. The molecule has 27 heavy (non-hydrogen) atoms. The number of amides is 1. The molecule has 1 aromatic heterocycles. The Bertz CT molecular complexity index is 834. The van der Waals surface area contributed by atoms with E-state index in [1.54, 1.807) is 11.2 Å². The molecule has 1 atom stereocenters. The largest absolute Gasteiger partial charge is 0.481 e. The second-order valence-electron chi connectivity index (χ2n) is 7.29. The molecule has 1 unspecified atom stereocenters. The Morgan fingerprint density at radius 1 is 1.30 bits per heavy atom. The van der Waals surface area contributed by atoms with E-state index in [1.807, 2.05) is 49.6 Å². The lowest BCUT2D eigenvalue weighted by molar-refractivity contribution is -0.151. The summed E-state index contributed by atoms with van der Waals surface area (Å²) in [4.78, 5) is 26.0. The Balaban J connectivity index is 1.65. The van der Waals surface area contributed by atoms with Crippen molar-refractivity contribution < 1.29 is 14.7 Å². The molecular formula is C19H24N4O3S. The highest BCUT2D eigenvalue weighted by Gasteiger charge is 2.48. The van der Waals surface area contributed by atoms with Crippen molar-refractivity contribution in [3.63, 3.8) is 0 Å². The summed E-state index contributed by atoms with van der Waals surface area (Å²) < 4.78 is 1.84. The zero-order valence-corrected chi connectivity index (χ0v) is 16.6. The van der Waals surface area contributed by atoms with Crippen molar-refractivity contribution in [2.45, 2.75) is 32.3 Å². The van der Waals surface area contributed by atoms with Crippen LogP contribution in [0.15, 0.2) is 35.7 Å². The normalized spacial score (nSPS) is 19.6. The zero-order valence-electron chi connectivity index (χ0n) is 15.8. The monoisotopic (exact) mass is 388 g/mol. The van der Waals surface area contributed by atoms with Gasteiger partial charge in [0.2, 0.25) is 5.91 Å². The van der Waals surface area contributed by atoms with Gasteiger partial charge in [0, 0.05) is 18.8 Å². The third-order valence-electron chi connectivity index (χ3n) is 5.34. The van der Waals surface area contributed by atoms with Gasteiger partial charge in [-0.2, -0.15) is 0 Å². The van der Waals surface area contributed by atoms with E-state index in [2.05, 4.69) is 10.2 Å². The number of carbonyl (C=O) groups is 2. The Morgan fingerprint density at radius 3 is 2.59 bits per heavy atom. The fourth-order valence-corrected chi connectivity index (χ4v) is 4.19. The highest BCUT2D eigenvalue weighted by atomic mass is 32.2. The quantitative estimate of drug-likeness (QED) is 0.766. The maximum absolute atomic E-state index is 12.6. The number of hydrogen-bond acceptors (Lipinski definition) is 5. The van der Waals surface area contributed by atoms with Crippen LogP contribution in [-0.4, -0.2) is 55.5 Å². The van der Waals surface area contributed by atoms with E-state index in [1.165, 1.54) is 11.8 Å². The van der Waals surface area contributed by atoms with Crippen molar-refractivity contribution in [2.24, 2.45) is 11.3 Å². The van der Waals surface area contributed by atoms with Gasteiger partial charge in [0.05, 0.1) is 11.2 Å². The molecule has 7 nitrogen and oxygen atoms in total. The first-order valence-corrected chi connectivity index (χ1v) is 9.93. The molecule has 8 heteroatoms. The predicted octanol–water partition coefficient (Wildman–Crippen LogP) is 2.63. The van der Waals surface area contributed by atoms with Crippen molar-refractivity contribution >= 4 is 23.6 Å². The summed E-state index contributed by atoms with van der Waals surface area (Å²) in [6.45, 7) is 6.58. The number of aryl methyl sites for hydroxylation is 1. The fraction of sp³-hybridized carbons (Fsp3) is 0.474. The van der Waals surface area contributed by atoms with E-state index in [-0.39, 0.29) is 24.1 Å². The maximum Gasteiger partial charge on any atom is 0.311 e. The van der Waals surface area contributed by atoms with Crippen molar-refractivity contribution in [3.05, 3.63) is 36.2 Å². The van der Waals surface area contributed by atoms with Gasteiger partial charge in [-0.05, 0) is 31.4 Å². The number of benzene rings is 1. The summed E-state index contributed by atoms with van der Waals surface area (Å²) >= 11 is 1.32. The molecule has 1 aromatic carbocycles. The van der Waals surface area contributed by atoms with Crippen LogP contribution in [0.3, 0.4) is 0 Å². The Hall–Kier alpha value is -2.35. The number of rotatable bonds is 6. The van der Waals surface area contributed by atoms with Crippen LogP contribution in [0.25, 0.3) is 5.69 Å². The summed E-state index contributed by atoms with van der Waals surface area (Å²) in [5.74, 6) is -0.704. The van der Waals surface area contributed by atoms with Crippen LogP contribution >= 0.6 is 11.8 Å². The second kappa shape index (κ2) is 7.72. The number of thioether (sulfide) groups is 1. The smallest absolute Gasteiger partial charge is 0.311 e. The van der Waals surface area contributed by atoms with Crippen LogP contribution in [0.2, 0.25) is 0 Å². The Labute approximate surface area is 162 Å². The molecule has 1 aliphatic heterocycles. The van der Waals surface area contributed by atoms with E-state index in [4.69, 9.17) is 0 Å². The number of carbonyl (C=O) groups excluding carboxylic acids is 1. The highest BCUT2D eigenvalue weighted by Crippen LogP contribution is 2.38. The highest BCUT2D eigenvalue weighted by molar-refractivity contribution is 7.99. The molecule has 1 N–H and O–H groups in total. The first kappa shape index (κ1) is 19.4. The molecule has 2 aromatic rings. The number of aliphatic carboxylic acids is 1. The van der Waals surface area contributed by atoms with Crippen molar-refractivity contribution in [2.75, 3.05) is 18.8 Å². The predicted molar refractivity (Wildman–Crippen MR) is 103 cm³/mol. The third kappa shape index (κ3) is 3.85. The molecule has 0 radical (unpaired) electrons. The van der Waals surface area contributed by atoms with Gasteiger partial charge in [-0.25, -0.2) is 0 Å². The summed E-state index contributed by atoms with van der Waals surface area (Å²) in [6, 6.07) is 7.98. The van der Waals surface area contributed by atoms with Gasteiger partial charge < -0.3 is 10.0 Å². The first-order valence-electron chi connectivity index (χ1n) is 8.94. The van der Waals surface area contributed by atoms with Crippen LogP contribution < -0.4 is 0 Å². The van der Waals surface area contributed by atoms with E-state index in [0.717, 1.165) is 11.3 Å². The molecular weight excluding hydrogens is 364 g/mol. The molecule has 0 spiro atoms. The molecule has 1 aliphatic rings. The summed E-state index contributed by atoms with van der Waals surface area (Å²) in [5.41, 5.74) is 1.26. The van der Waals surface area contributed by atoms with Crippen molar-refractivity contribution in [1.82, 2.24) is 19.7 Å². The summed E-state index contributed by atoms with van der Waals surface area (Å²) in [6.07, 6.45) is 2.12. The lowest BCUT2D eigenvalue weighted by Crippen LogP contribution is -2.41. The lowest BCUT2D eigenvalue weighted by atomic mass is 9.76. The Morgan fingerprint density at radius 2 is 2.00 bits per heavy atom. The SMILES string of the molecule is Cc1ccc(-n2cnnc2SCC(=O)N2CCC(C(=O)O)(C(C)C)C2)cc1. The van der Waals surface area contributed by atoms with Gasteiger partial charge in [0.1, 0.15) is 6.33 Å². The second-order valence-corrected chi connectivity index (χ2v) is 8.23.